The predicted molar refractivity (Wildman–Crippen MR) is 141 cm³/mol. The molecule has 3 aliphatic rings. The molecule has 1 saturated carbocycles. The zero-order chi connectivity index (χ0) is 26.4. The number of oxime groups is 1. The van der Waals surface area contributed by atoms with Gasteiger partial charge in [0.2, 0.25) is 0 Å². The first kappa shape index (κ1) is 25.9. The average Bonchev–Trinajstić information content (AvgIpc) is 3.44. The number of sulfone groups is 1. The van der Waals surface area contributed by atoms with Crippen LogP contribution in [0.15, 0.2) is 17.5 Å². The number of ether oxygens (including phenoxy) is 1. The number of carbonyl (C=O) groups is 1. The number of esters is 1. The fourth-order valence-corrected chi connectivity index (χ4v) is 7.06. The first-order chi connectivity index (χ1) is 17.5. The zero-order valence-corrected chi connectivity index (χ0v) is 22.9. The van der Waals surface area contributed by atoms with E-state index in [0.717, 1.165) is 40.8 Å². The van der Waals surface area contributed by atoms with Crippen molar-refractivity contribution < 1.29 is 22.8 Å². The van der Waals surface area contributed by atoms with Crippen LogP contribution in [-0.2, 0) is 30.8 Å². The van der Waals surface area contributed by atoms with E-state index < -0.39 is 21.0 Å². The summed E-state index contributed by atoms with van der Waals surface area (Å²) in [5.41, 5.74) is 2.44. The Balaban J connectivity index is 1.35. The SMILES string of the molecule is CCn1ncc2c(NC3CCS(=O)(=O)CC3)c(C3=NOC4(CCC(C(=O)OC(C)(C)C)CC4)C3)cnc21. The number of hydrogen-bond acceptors (Lipinski definition) is 9. The summed E-state index contributed by atoms with van der Waals surface area (Å²) >= 11 is 0. The number of nitrogens with zero attached hydrogens (tertiary/aromatic N) is 4. The zero-order valence-electron chi connectivity index (χ0n) is 22.1. The smallest absolute Gasteiger partial charge is 0.309 e. The van der Waals surface area contributed by atoms with E-state index in [2.05, 4.69) is 15.6 Å². The van der Waals surface area contributed by atoms with Gasteiger partial charge in [0.05, 0.1) is 40.4 Å². The van der Waals surface area contributed by atoms with Gasteiger partial charge < -0.3 is 14.9 Å². The van der Waals surface area contributed by atoms with Gasteiger partial charge in [0.15, 0.2) is 5.65 Å². The fourth-order valence-electron chi connectivity index (χ4n) is 5.57. The fraction of sp³-hybridized carbons (Fsp3) is 0.692. The molecule has 5 rings (SSSR count). The molecule has 1 saturated heterocycles. The summed E-state index contributed by atoms with van der Waals surface area (Å²) in [6, 6.07) is 0.0407. The first-order valence-corrected chi connectivity index (χ1v) is 15.1. The molecule has 0 atom stereocenters. The number of anilines is 1. The maximum absolute atomic E-state index is 12.6. The number of carbonyl (C=O) groups excluding carboxylic acids is 1. The van der Waals surface area contributed by atoms with Crippen LogP contribution >= 0.6 is 0 Å². The van der Waals surface area contributed by atoms with Crippen molar-refractivity contribution in [1.82, 2.24) is 14.8 Å². The van der Waals surface area contributed by atoms with E-state index in [4.69, 9.17) is 14.6 Å². The Morgan fingerprint density at radius 2 is 1.89 bits per heavy atom. The van der Waals surface area contributed by atoms with E-state index in [1.165, 1.54) is 0 Å². The Morgan fingerprint density at radius 3 is 2.54 bits per heavy atom. The van der Waals surface area contributed by atoms with Gasteiger partial charge in [0.25, 0.3) is 0 Å². The largest absolute Gasteiger partial charge is 0.460 e. The van der Waals surface area contributed by atoms with Crippen molar-refractivity contribution in [2.24, 2.45) is 11.1 Å². The van der Waals surface area contributed by atoms with Gasteiger partial charge in [-0.25, -0.2) is 18.1 Å². The molecular formula is C26H37N5O5S. The maximum atomic E-state index is 12.6. The van der Waals surface area contributed by atoms with Crippen molar-refractivity contribution >= 4 is 38.2 Å². The van der Waals surface area contributed by atoms with Crippen molar-refractivity contribution in [2.45, 2.75) is 96.4 Å². The third kappa shape index (κ3) is 5.46. The normalized spacial score (nSPS) is 22.1. The monoisotopic (exact) mass is 531 g/mol. The van der Waals surface area contributed by atoms with Crippen LogP contribution in [0.1, 0.15) is 78.2 Å². The molecule has 37 heavy (non-hydrogen) atoms. The Hall–Kier alpha value is -2.69. The lowest BCUT2D eigenvalue weighted by molar-refractivity contribution is -0.163. The molecule has 10 nitrogen and oxygen atoms in total. The molecule has 0 unspecified atom stereocenters. The standard InChI is InChI=1S/C26H37N5O5S/c1-5-31-23-20(16-28-31)22(29-18-8-12-37(33,34)13-9-18)19(15-27-23)21-14-26(36-30-21)10-6-17(7-11-26)24(32)35-25(2,3)4/h15-18H,5-14H2,1-4H3,(H,27,29). The lowest BCUT2D eigenvalue weighted by atomic mass is 9.76. The highest BCUT2D eigenvalue weighted by Gasteiger charge is 2.45. The van der Waals surface area contributed by atoms with Gasteiger partial charge in [0.1, 0.15) is 21.0 Å². The van der Waals surface area contributed by atoms with E-state index in [-0.39, 0.29) is 29.4 Å². The van der Waals surface area contributed by atoms with E-state index in [1.807, 2.05) is 44.8 Å². The van der Waals surface area contributed by atoms with Gasteiger partial charge in [-0.3, -0.25) is 4.79 Å². The summed E-state index contributed by atoms with van der Waals surface area (Å²) in [5, 5.41) is 13.5. The number of aryl methyl sites for hydroxylation is 1. The first-order valence-electron chi connectivity index (χ1n) is 13.3. The molecular weight excluding hydrogens is 494 g/mol. The number of nitrogens with one attached hydrogen (secondary N) is 1. The number of rotatable bonds is 5. The summed E-state index contributed by atoms with van der Waals surface area (Å²) in [7, 11) is -2.96. The molecule has 1 N–H and O–H groups in total. The summed E-state index contributed by atoms with van der Waals surface area (Å²) in [6.07, 6.45) is 8.28. The maximum Gasteiger partial charge on any atom is 0.309 e. The molecule has 202 valence electrons. The highest BCUT2D eigenvalue weighted by atomic mass is 32.2. The van der Waals surface area contributed by atoms with E-state index in [0.29, 0.717) is 38.6 Å². The quantitative estimate of drug-likeness (QED) is 0.577. The molecule has 4 heterocycles. The molecule has 11 heteroatoms. The molecule has 2 aromatic heterocycles. The molecule has 2 fully saturated rings. The van der Waals surface area contributed by atoms with E-state index >= 15 is 0 Å². The van der Waals surface area contributed by atoms with Crippen LogP contribution in [0.5, 0.6) is 0 Å². The van der Waals surface area contributed by atoms with Gasteiger partial charge in [0, 0.05) is 30.8 Å². The van der Waals surface area contributed by atoms with Crippen molar-refractivity contribution in [3.63, 3.8) is 0 Å². The van der Waals surface area contributed by atoms with Gasteiger partial charge in [-0.1, -0.05) is 5.16 Å². The van der Waals surface area contributed by atoms with Crippen molar-refractivity contribution in [1.29, 1.82) is 0 Å². The number of hydrogen-bond donors (Lipinski definition) is 1. The highest BCUT2D eigenvalue weighted by molar-refractivity contribution is 7.91. The second-order valence-corrected chi connectivity index (χ2v) is 13.9. The highest BCUT2D eigenvalue weighted by Crippen LogP contribution is 2.43. The van der Waals surface area contributed by atoms with Gasteiger partial charge in [-0.05, 0) is 66.2 Å². The molecule has 0 bridgehead atoms. The Bertz CT molecular complexity index is 1300. The van der Waals surface area contributed by atoms with Crippen LogP contribution < -0.4 is 5.32 Å². The molecule has 2 aliphatic heterocycles. The van der Waals surface area contributed by atoms with Crippen molar-refractivity contribution in [3.8, 4) is 0 Å². The third-order valence-electron chi connectivity index (χ3n) is 7.66. The summed E-state index contributed by atoms with van der Waals surface area (Å²) in [6.45, 7) is 8.39. The summed E-state index contributed by atoms with van der Waals surface area (Å²) < 4.78 is 31.4. The van der Waals surface area contributed by atoms with Crippen molar-refractivity contribution in [3.05, 3.63) is 18.0 Å². The molecule has 1 spiro atoms. The summed E-state index contributed by atoms with van der Waals surface area (Å²) in [5.74, 6) is 0.128. The van der Waals surface area contributed by atoms with Crippen LogP contribution in [-0.4, -0.2) is 63.6 Å². The summed E-state index contributed by atoms with van der Waals surface area (Å²) in [4.78, 5) is 23.3. The second-order valence-electron chi connectivity index (χ2n) is 11.6. The average molecular weight is 532 g/mol. The van der Waals surface area contributed by atoms with Crippen LogP contribution in [0.4, 0.5) is 5.69 Å². The minimum atomic E-state index is -2.96. The minimum Gasteiger partial charge on any atom is -0.460 e. The third-order valence-corrected chi connectivity index (χ3v) is 9.37. The molecule has 0 amide bonds. The second kappa shape index (κ2) is 9.56. The number of aromatic nitrogens is 3. The Labute approximate surface area is 218 Å². The van der Waals surface area contributed by atoms with Crippen LogP contribution in [0, 0.1) is 5.92 Å². The Kier molecular flexibility index (Phi) is 6.70. The molecule has 0 aromatic carbocycles. The van der Waals surface area contributed by atoms with Crippen LogP contribution in [0.2, 0.25) is 0 Å². The van der Waals surface area contributed by atoms with Gasteiger partial charge in [-0.2, -0.15) is 5.10 Å². The predicted octanol–water partition coefficient (Wildman–Crippen LogP) is 3.84. The van der Waals surface area contributed by atoms with E-state index in [9.17, 15) is 13.2 Å². The van der Waals surface area contributed by atoms with Crippen LogP contribution in [0.25, 0.3) is 11.0 Å². The van der Waals surface area contributed by atoms with Gasteiger partial charge in [-0.15, -0.1) is 0 Å². The van der Waals surface area contributed by atoms with Crippen LogP contribution in [0.3, 0.4) is 0 Å². The molecule has 0 radical (unpaired) electrons. The molecule has 2 aromatic rings. The lowest BCUT2D eigenvalue weighted by Crippen LogP contribution is -2.38. The van der Waals surface area contributed by atoms with E-state index in [1.54, 1.807) is 0 Å². The van der Waals surface area contributed by atoms with Crippen molar-refractivity contribution in [2.75, 3.05) is 16.8 Å². The topological polar surface area (TPSA) is 125 Å². The molecule has 1 aliphatic carbocycles. The van der Waals surface area contributed by atoms with Gasteiger partial charge >= 0.3 is 5.97 Å². The lowest BCUT2D eigenvalue weighted by Gasteiger charge is -2.35. The number of pyridine rings is 1. The Morgan fingerprint density at radius 1 is 1.19 bits per heavy atom. The number of fused-ring (bicyclic) bond motifs is 1. The minimum absolute atomic E-state index is 0.0407.